The molecule has 0 radical (unpaired) electrons. The molecule has 1 atom stereocenters. The quantitative estimate of drug-likeness (QED) is 0.369. The van der Waals surface area contributed by atoms with Crippen molar-refractivity contribution >= 4 is 33.4 Å². The van der Waals surface area contributed by atoms with Crippen molar-refractivity contribution in [3.05, 3.63) is 108 Å². The van der Waals surface area contributed by atoms with Gasteiger partial charge in [0.1, 0.15) is 11.0 Å². The molecule has 0 saturated carbocycles. The summed E-state index contributed by atoms with van der Waals surface area (Å²) in [6.45, 7) is 0. The lowest BCUT2D eigenvalue weighted by Crippen LogP contribution is -2.07. The minimum absolute atomic E-state index is 0.353. The number of para-hydroxylation sites is 1. The van der Waals surface area contributed by atoms with Gasteiger partial charge in [0.15, 0.2) is 0 Å². The van der Waals surface area contributed by atoms with Crippen molar-refractivity contribution in [3.8, 4) is 0 Å². The lowest BCUT2D eigenvalue weighted by atomic mass is 9.99. The molecule has 2 N–H and O–H groups in total. The molecule has 1 unspecified atom stereocenters. The average Bonchev–Trinajstić information content (AvgIpc) is 2.80. The molecule has 0 saturated heterocycles. The average molecular weight is 430 g/mol. The monoisotopic (exact) mass is 429 g/mol. The van der Waals surface area contributed by atoms with E-state index in [1.54, 1.807) is 12.1 Å². The number of benzene rings is 4. The van der Waals surface area contributed by atoms with Crippen LogP contribution in [-0.2, 0) is 23.8 Å². The van der Waals surface area contributed by atoms with Gasteiger partial charge in [-0.1, -0.05) is 66.7 Å². The molecule has 4 rings (SSSR count). The molecule has 0 aliphatic rings. The Morgan fingerprint density at radius 1 is 0.774 bits per heavy atom. The fraction of sp³-hybridized carbons (Fsp3) is 0.115. The van der Waals surface area contributed by atoms with Crippen molar-refractivity contribution in [2.24, 2.45) is 0 Å². The van der Waals surface area contributed by atoms with Gasteiger partial charge in [-0.05, 0) is 65.4 Å². The molecule has 0 aliphatic carbocycles. The number of aromatic carboxylic acids is 1. The molecule has 5 heteroatoms. The van der Waals surface area contributed by atoms with Crippen molar-refractivity contribution in [1.82, 2.24) is 0 Å². The topological polar surface area (TPSA) is 66.4 Å². The number of carboxylic acids is 1. The van der Waals surface area contributed by atoms with E-state index in [-0.39, 0.29) is 0 Å². The normalized spacial score (nSPS) is 11.9. The summed E-state index contributed by atoms with van der Waals surface area (Å²) >= 11 is 0. The van der Waals surface area contributed by atoms with Crippen LogP contribution in [0.1, 0.15) is 27.9 Å². The van der Waals surface area contributed by atoms with E-state index in [0.717, 1.165) is 45.3 Å². The molecule has 0 amide bonds. The van der Waals surface area contributed by atoms with E-state index in [0.29, 0.717) is 12.0 Å². The first kappa shape index (κ1) is 20.8. The summed E-state index contributed by atoms with van der Waals surface area (Å²) in [7, 11) is -1.38. The van der Waals surface area contributed by atoms with Crippen LogP contribution in [0.4, 0.5) is 5.69 Å². The van der Waals surface area contributed by atoms with Gasteiger partial charge < -0.3 is 9.83 Å². The van der Waals surface area contributed by atoms with Crippen LogP contribution in [0.5, 0.6) is 0 Å². The van der Waals surface area contributed by atoms with Crippen molar-refractivity contribution in [1.29, 1.82) is 0 Å². The second kappa shape index (κ2) is 9.58. The zero-order chi connectivity index (χ0) is 21.6. The molecule has 156 valence electrons. The van der Waals surface area contributed by atoms with Crippen LogP contribution in [0.15, 0.2) is 95.9 Å². The molecule has 4 aromatic carbocycles. The highest BCUT2D eigenvalue weighted by Crippen LogP contribution is 2.23. The van der Waals surface area contributed by atoms with Gasteiger partial charge in [-0.25, -0.2) is 9.00 Å². The first-order valence-electron chi connectivity index (χ1n) is 10.2. The van der Waals surface area contributed by atoms with E-state index in [4.69, 9.17) is 0 Å². The predicted molar refractivity (Wildman–Crippen MR) is 126 cm³/mol. The first-order valence-corrected chi connectivity index (χ1v) is 11.3. The van der Waals surface area contributed by atoms with E-state index >= 15 is 0 Å². The summed E-state index contributed by atoms with van der Waals surface area (Å²) in [5, 5.41) is 11.5. The van der Waals surface area contributed by atoms with Crippen molar-refractivity contribution in [3.63, 3.8) is 0 Å². The summed E-state index contributed by atoms with van der Waals surface area (Å²) in [5.74, 6) is -0.900. The molecule has 0 aliphatic heterocycles. The second-order valence-electron chi connectivity index (χ2n) is 7.35. The largest absolute Gasteiger partial charge is 0.478 e. The smallest absolute Gasteiger partial charge is 0.335 e. The lowest BCUT2D eigenvalue weighted by Gasteiger charge is -2.12. The number of carbonyl (C=O) groups is 1. The van der Waals surface area contributed by atoms with Crippen LogP contribution in [0.2, 0.25) is 0 Å². The molecule has 4 aromatic rings. The number of fused-ring (bicyclic) bond motifs is 1. The number of rotatable bonds is 8. The van der Waals surface area contributed by atoms with Gasteiger partial charge in [0.2, 0.25) is 0 Å². The van der Waals surface area contributed by atoms with E-state index in [2.05, 4.69) is 4.72 Å². The van der Waals surface area contributed by atoms with Crippen LogP contribution in [0.25, 0.3) is 10.8 Å². The molecular weight excluding hydrogens is 406 g/mol. The third-order valence-corrected chi connectivity index (χ3v) is 6.38. The van der Waals surface area contributed by atoms with Crippen LogP contribution in [0, 0.1) is 0 Å². The van der Waals surface area contributed by atoms with Gasteiger partial charge in [0.25, 0.3) is 0 Å². The summed E-state index contributed by atoms with van der Waals surface area (Å²) in [5.41, 5.74) is 3.08. The summed E-state index contributed by atoms with van der Waals surface area (Å²) in [4.78, 5) is 12.1. The van der Waals surface area contributed by atoms with Gasteiger partial charge in [0, 0.05) is 5.69 Å². The number of carboxylic acid groups (broad SMARTS) is 1. The number of hydrogen-bond acceptors (Lipinski definition) is 2. The number of anilines is 1. The molecule has 31 heavy (non-hydrogen) atoms. The van der Waals surface area contributed by atoms with Gasteiger partial charge in [0.05, 0.1) is 10.5 Å². The highest BCUT2D eigenvalue weighted by atomic mass is 32.2. The van der Waals surface area contributed by atoms with Gasteiger partial charge in [-0.2, -0.15) is 0 Å². The summed E-state index contributed by atoms with van der Waals surface area (Å²) in [6.07, 6.45) is 2.22. The first-order chi connectivity index (χ1) is 15.1. The van der Waals surface area contributed by atoms with Crippen LogP contribution in [-0.4, -0.2) is 15.3 Å². The molecule has 0 fully saturated rings. The Morgan fingerprint density at radius 2 is 1.42 bits per heavy atom. The maximum Gasteiger partial charge on any atom is 0.335 e. The molecule has 0 spiro atoms. The highest BCUT2D eigenvalue weighted by molar-refractivity contribution is 7.86. The number of hydrogen-bond donors (Lipinski definition) is 2. The molecule has 4 nitrogen and oxygen atoms in total. The minimum Gasteiger partial charge on any atom is -0.478 e. The zero-order valence-electron chi connectivity index (χ0n) is 17.0. The van der Waals surface area contributed by atoms with Crippen LogP contribution >= 0.6 is 0 Å². The molecule has 0 heterocycles. The Kier molecular flexibility index (Phi) is 6.43. The Labute approximate surface area is 184 Å². The van der Waals surface area contributed by atoms with Gasteiger partial charge in [-0.15, -0.1) is 0 Å². The summed E-state index contributed by atoms with van der Waals surface area (Å²) < 4.78 is 16.1. The fourth-order valence-electron chi connectivity index (χ4n) is 3.70. The van der Waals surface area contributed by atoms with Crippen LogP contribution in [0.3, 0.4) is 0 Å². The van der Waals surface area contributed by atoms with Crippen molar-refractivity contribution < 1.29 is 14.1 Å². The SMILES string of the molecule is O=C(O)c1ccccc1CCCc1ccccc1NS(=O)c1ccc2ccccc2c1. The zero-order valence-corrected chi connectivity index (χ0v) is 17.8. The van der Waals surface area contributed by atoms with Crippen LogP contribution < -0.4 is 4.72 Å². The number of nitrogens with one attached hydrogen (secondary N) is 1. The van der Waals surface area contributed by atoms with Gasteiger partial charge >= 0.3 is 5.97 Å². The number of aryl methyl sites for hydroxylation is 2. The van der Waals surface area contributed by atoms with Crippen molar-refractivity contribution in [2.75, 3.05) is 4.72 Å². The molecule has 0 aromatic heterocycles. The van der Waals surface area contributed by atoms with E-state index in [9.17, 15) is 14.1 Å². The second-order valence-corrected chi connectivity index (χ2v) is 8.57. The minimum atomic E-state index is -1.38. The van der Waals surface area contributed by atoms with E-state index in [1.165, 1.54) is 0 Å². The Hall–Kier alpha value is -3.44. The Bertz CT molecular complexity index is 1250. The maximum atomic E-state index is 13.0. The third kappa shape index (κ3) is 5.01. The van der Waals surface area contributed by atoms with Crippen molar-refractivity contribution in [2.45, 2.75) is 24.2 Å². The molecule has 0 bridgehead atoms. The Morgan fingerprint density at radius 3 is 2.23 bits per heavy atom. The molecular formula is C26H23NO3S. The summed E-state index contributed by atoms with van der Waals surface area (Å²) in [6, 6.07) is 28.8. The fourth-order valence-corrected chi connectivity index (χ4v) is 4.64. The Balaban J connectivity index is 1.46. The third-order valence-electron chi connectivity index (χ3n) is 5.30. The lowest BCUT2D eigenvalue weighted by molar-refractivity contribution is 0.0695. The standard InChI is InChI=1S/C26H23NO3S/c28-26(29)24-14-5-3-9-20(24)12-7-13-21-10-4-6-15-25(21)27-31(30)23-17-16-19-8-1-2-11-22(19)18-23/h1-6,8-11,14-18,27H,7,12-13H2,(H,28,29). The highest BCUT2D eigenvalue weighted by Gasteiger charge is 2.11. The van der Waals surface area contributed by atoms with Gasteiger partial charge in [-0.3, -0.25) is 0 Å². The predicted octanol–water partition coefficient (Wildman–Crippen LogP) is 5.85. The van der Waals surface area contributed by atoms with E-state index < -0.39 is 17.0 Å². The van der Waals surface area contributed by atoms with E-state index in [1.807, 2.05) is 78.9 Å². The maximum absolute atomic E-state index is 13.0.